The van der Waals surface area contributed by atoms with Gasteiger partial charge in [0, 0.05) is 31.4 Å². The van der Waals surface area contributed by atoms with Gasteiger partial charge in [-0.15, -0.1) is 0 Å². The van der Waals surface area contributed by atoms with Gasteiger partial charge in [0.2, 0.25) is 11.8 Å². The molecule has 168 valence electrons. The summed E-state index contributed by atoms with van der Waals surface area (Å²) in [5.74, 6) is -2.56. The van der Waals surface area contributed by atoms with Gasteiger partial charge in [-0.1, -0.05) is 12.1 Å². The molecule has 10 heteroatoms. The summed E-state index contributed by atoms with van der Waals surface area (Å²) in [6, 6.07) is 10.3. The van der Waals surface area contributed by atoms with Gasteiger partial charge in [0.25, 0.3) is 5.91 Å². The number of ether oxygens (including phenoxy) is 2. The van der Waals surface area contributed by atoms with Crippen LogP contribution in [-0.4, -0.2) is 55.2 Å². The summed E-state index contributed by atoms with van der Waals surface area (Å²) in [6.07, 6.45) is 0. The van der Waals surface area contributed by atoms with Crippen LogP contribution >= 0.6 is 0 Å². The molecule has 0 radical (unpaired) electrons. The molecule has 0 aliphatic carbocycles. The van der Waals surface area contributed by atoms with Crippen LogP contribution in [0.3, 0.4) is 0 Å². The number of morpholine rings is 1. The quantitative estimate of drug-likeness (QED) is 0.550. The summed E-state index contributed by atoms with van der Waals surface area (Å²) in [5.41, 5.74) is 5.14. The van der Waals surface area contributed by atoms with Crippen molar-refractivity contribution in [2.24, 2.45) is 5.73 Å². The Morgan fingerprint density at radius 3 is 2.59 bits per heavy atom. The second kappa shape index (κ2) is 9.75. The number of rotatable bonds is 8. The summed E-state index contributed by atoms with van der Waals surface area (Å²) in [4.78, 5) is 18.0. The van der Waals surface area contributed by atoms with Crippen LogP contribution in [0.5, 0.6) is 5.75 Å². The van der Waals surface area contributed by atoms with Gasteiger partial charge in [-0.3, -0.25) is 9.69 Å². The van der Waals surface area contributed by atoms with Crippen molar-refractivity contribution in [1.29, 1.82) is 0 Å². The molecule has 0 unspecified atom stereocenters. The Bertz CT molecular complexity index is 1080. The third-order valence-corrected chi connectivity index (χ3v) is 4.91. The van der Waals surface area contributed by atoms with E-state index in [2.05, 4.69) is 15.2 Å². The summed E-state index contributed by atoms with van der Waals surface area (Å²) in [5, 5.41) is 2.88. The Labute approximate surface area is 182 Å². The fraction of sp³-hybridized carbons (Fsp3) is 0.273. The third kappa shape index (κ3) is 5.04. The van der Waals surface area contributed by atoms with Gasteiger partial charge in [0.15, 0.2) is 5.69 Å². The van der Waals surface area contributed by atoms with Crippen molar-refractivity contribution in [3.63, 3.8) is 0 Å². The van der Waals surface area contributed by atoms with Gasteiger partial charge >= 0.3 is 0 Å². The van der Waals surface area contributed by atoms with Crippen LogP contribution in [-0.2, 0) is 4.74 Å². The van der Waals surface area contributed by atoms with Crippen LogP contribution in [0, 0.1) is 11.6 Å². The van der Waals surface area contributed by atoms with Gasteiger partial charge in [-0.25, -0.2) is 13.8 Å². The van der Waals surface area contributed by atoms with Crippen molar-refractivity contribution < 1.29 is 27.5 Å². The Morgan fingerprint density at radius 2 is 1.88 bits per heavy atom. The van der Waals surface area contributed by atoms with Crippen molar-refractivity contribution in [1.82, 2.24) is 9.88 Å². The number of hydrogen-bond donors (Lipinski definition) is 2. The molecule has 1 aromatic heterocycles. The third-order valence-electron chi connectivity index (χ3n) is 4.91. The predicted molar refractivity (Wildman–Crippen MR) is 113 cm³/mol. The standard InChI is InChI=1S/C22H22F2N4O4/c23-16-5-2-6-17(24)18(16)21-27-19(20(25)29)22(32-21)26-14-3-1-4-15(13-14)31-12-9-28-7-10-30-11-8-28/h1-6,13,26H,7-12H2,(H2,25,29). The monoisotopic (exact) mass is 444 g/mol. The number of hydrogen-bond acceptors (Lipinski definition) is 7. The van der Waals surface area contributed by atoms with E-state index < -0.39 is 29.0 Å². The maximum Gasteiger partial charge on any atom is 0.273 e. The number of nitrogens with one attached hydrogen (secondary N) is 1. The molecule has 3 aromatic rings. The van der Waals surface area contributed by atoms with Crippen molar-refractivity contribution in [3.05, 3.63) is 59.8 Å². The zero-order valence-electron chi connectivity index (χ0n) is 17.1. The summed E-state index contributed by atoms with van der Waals surface area (Å²) >= 11 is 0. The first-order valence-electron chi connectivity index (χ1n) is 10.1. The van der Waals surface area contributed by atoms with Crippen molar-refractivity contribution in [2.45, 2.75) is 0 Å². The minimum atomic E-state index is -0.905. The molecule has 2 heterocycles. The number of primary amides is 1. The Kier molecular flexibility index (Phi) is 6.62. The van der Waals surface area contributed by atoms with E-state index in [1.54, 1.807) is 24.3 Å². The van der Waals surface area contributed by atoms with Crippen LogP contribution in [0.25, 0.3) is 11.5 Å². The van der Waals surface area contributed by atoms with E-state index in [-0.39, 0.29) is 11.6 Å². The van der Waals surface area contributed by atoms with E-state index in [0.717, 1.165) is 45.0 Å². The first-order valence-corrected chi connectivity index (χ1v) is 10.1. The number of carbonyl (C=O) groups excluding carboxylic acids is 1. The molecule has 2 aromatic carbocycles. The fourth-order valence-electron chi connectivity index (χ4n) is 3.29. The maximum absolute atomic E-state index is 14.1. The molecule has 32 heavy (non-hydrogen) atoms. The second-order valence-corrected chi connectivity index (χ2v) is 7.11. The first kappa shape index (κ1) is 21.7. The van der Waals surface area contributed by atoms with E-state index in [1.165, 1.54) is 6.07 Å². The molecular weight excluding hydrogens is 422 g/mol. The molecule has 1 aliphatic heterocycles. The molecule has 1 amide bonds. The summed E-state index contributed by atoms with van der Waals surface area (Å²) in [7, 11) is 0. The van der Waals surface area contributed by atoms with E-state index in [1.807, 2.05) is 0 Å². The summed E-state index contributed by atoms with van der Waals surface area (Å²) in [6.45, 7) is 4.45. The van der Waals surface area contributed by atoms with Gasteiger partial charge in [-0.05, 0) is 24.3 Å². The van der Waals surface area contributed by atoms with Crippen molar-refractivity contribution in [2.75, 3.05) is 44.8 Å². The normalized spacial score (nSPS) is 14.3. The molecule has 0 bridgehead atoms. The zero-order valence-corrected chi connectivity index (χ0v) is 17.1. The van der Waals surface area contributed by atoms with Crippen LogP contribution in [0.4, 0.5) is 20.4 Å². The van der Waals surface area contributed by atoms with Crippen molar-refractivity contribution in [3.8, 4) is 17.2 Å². The number of carbonyl (C=O) groups is 1. The number of halogens is 2. The highest BCUT2D eigenvalue weighted by atomic mass is 19.1. The molecule has 8 nitrogen and oxygen atoms in total. The highest BCUT2D eigenvalue weighted by Gasteiger charge is 2.23. The second-order valence-electron chi connectivity index (χ2n) is 7.11. The van der Waals surface area contributed by atoms with E-state index in [4.69, 9.17) is 19.6 Å². The molecule has 3 N–H and O–H groups in total. The molecule has 0 spiro atoms. The average Bonchev–Trinajstić information content (AvgIpc) is 3.18. The number of nitrogens with two attached hydrogens (primary N) is 1. The van der Waals surface area contributed by atoms with Gasteiger partial charge < -0.3 is 24.9 Å². The number of benzene rings is 2. The van der Waals surface area contributed by atoms with E-state index in [0.29, 0.717) is 18.0 Å². The highest BCUT2D eigenvalue weighted by Crippen LogP contribution is 2.31. The Balaban J connectivity index is 1.49. The average molecular weight is 444 g/mol. The number of aromatic nitrogens is 1. The number of nitrogens with zero attached hydrogens (tertiary/aromatic N) is 2. The molecule has 1 fully saturated rings. The van der Waals surface area contributed by atoms with Crippen LogP contribution in [0.2, 0.25) is 0 Å². The lowest BCUT2D eigenvalue weighted by Crippen LogP contribution is -2.38. The minimum absolute atomic E-state index is 0.124. The lowest BCUT2D eigenvalue weighted by atomic mass is 10.2. The number of amides is 1. The summed E-state index contributed by atoms with van der Waals surface area (Å²) < 4.78 is 44.8. The molecule has 0 atom stereocenters. The number of oxazole rings is 1. The van der Waals surface area contributed by atoms with Gasteiger partial charge in [0.05, 0.1) is 13.2 Å². The molecule has 1 saturated heterocycles. The Morgan fingerprint density at radius 1 is 1.16 bits per heavy atom. The zero-order chi connectivity index (χ0) is 22.5. The topological polar surface area (TPSA) is 103 Å². The lowest BCUT2D eigenvalue weighted by molar-refractivity contribution is 0.0322. The van der Waals surface area contributed by atoms with Gasteiger partial charge in [0.1, 0.15) is 29.6 Å². The van der Waals surface area contributed by atoms with Crippen molar-refractivity contribution >= 4 is 17.5 Å². The minimum Gasteiger partial charge on any atom is -0.492 e. The lowest BCUT2D eigenvalue weighted by Gasteiger charge is -2.26. The molecular formula is C22H22F2N4O4. The van der Waals surface area contributed by atoms with E-state index >= 15 is 0 Å². The highest BCUT2D eigenvalue weighted by molar-refractivity contribution is 5.96. The molecule has 4 rings (SSSR count). The molecule has 0 saturated carbocycles. The first-order chi connectivity index (χ1) is 15.5. The Hall–Kier alpha value is -3.50. The van der Waals surface area contributed by atoms with Crippen LogP contribution < -0.4 is 15.8 Å². The maximum atomic E-state index is 14.1. The van der Waals surface area contributed by atoms with Gasteiger partial charge in [-0.2, -0.15) is 0 Å². The van der Waals surface area contributed by atoms with Crippen LogP contribution in [0.15, 0.2) is 46.9 Å². The van der Waals surface area contributed by atoms with E-state index in [9.17, 15) is 13.6 Å². The molecule has 1 aliphatic rings. The largest absolute Gasteiger partial charge is 0.492 e. The smallest absolute Gasteiger partial charge is 0.273 e. The van der Waals surface area contributed by atoms with Crippen LogP contribution in [0.1, 0.15) is 10.5 Å². The predicted octanol–water partition coefficient (Wildman–Crippen LogP) is 3.17. The SMILES string of the molecule is NC(=O)c1nc(-c2c(F)cccc2F)oc1Nc1cccc(OCCN2CCOCC2)c1. The number of anilines is 2. The fourth-order valence-corrected chi connectivity index (χ4v) is 3.29.